The van der Waals surface area contributed by atoms with Crippen molar-refractivity contribution in [1.29, 1.82) is 0 Å². The van der Waals surface area contributed by atoms with E-state index in [0.717, 1.165) is 24.0 Å². The van der Waals surface area contributed by atoms with Crippen molar-refractivity contribution in [3.05, 3.63) is 59.7 Å². The van der Waals surface area contributed by atoms with Gasteiger partial charge in [0, 0.05) is 12.0 Å². The molecule has 9 heteroatoms. The SMILES string of the molecule is CCSc1nnc2c(n1)OC(c1cc(F)ccc1F)N(C(=O)CC)c1ccccc1-2. The molecule has 0 saturated carbocycles. The third-order valence-electron chi connectivity index (χ3n) is 4.58. The number of hydrogen-bond acceptors (Lipinski definition) is 6. The molecule has 0 saturated heterocycles. The van der Waals surface area contributed by atoms with Crippen molar-refractivity contribution in [2.75, 3.05) is 10.7 Å². The van der Waals surface area contributed by atoms with Crippen molar-refractivity contribution in [3.63, 3.8) is 0 Å². The van der Waals surface area contributed by atoms with Crippen molar-refractivity contribution in [2.24, 2.45) is 0 Å². The lowest BCUT2D eigenvalue weighted by Crippen LogP contribution is -2.37. The maximum absolute atomic E-state index is 14.7. The molecule has 1 unspecified atom stereocenters. The van der Waals surface area contributed by atoms with Crippen LogP contribution in [-0.4, -0.2) is 26.8 Å². The summed E-state index contributed by atoms with van der Waals surface area (Å²) in [5.74, 6) is -0.825. The van der Waals surface area contributed by atoms with Gasteiger partial charge in [-0.1, -0.05) is 43.8 Å². The van der Waals surface area contributed by atoms with Crippen LogP contribution in [0.2, 0.25) is 0 Å². The van der Waals surface area contributed by atoms with Crippen LogP contribution in [0.4, 0.5) is 14.5 Å². The van der Waals surface area contributed by atoms with Gasteiger partial charge in [0.15, 0.2) is 5.69 Å². The average molecular weight is 428 g/mol. The van der Waals surface area contributed by atoms with E-state index in [-0.39, 0.29) is 23.8 Å². The molecule has 6 nitrogen and oxygen atoms in total. The summed E-state index contributed by atoms with van der Waals surface area (Å²) in [5, 5.41) is 8.78. The van der Waals surface area contributed by atoms with Gasteiger partial charge in [-0.3, -0.25) is 9.69 Å². The van der Waals surface area contributed by atoms with Crippen LogP contribution < -0.4 is 9.64 Å². The summed E-state index contributed by atoms with van der Waals surface area (Å²) in [6, 6.07) is 10.1. The van der Waals surface area contributed by atoms with Gasteiger partial charge in [-0.2, -0.15) is 4.98 Å². The van der Waals surface area contributed by atoms with Crippen LogP contribution in [0, 0.1) is 11.6 Å². The number of anilines is 1. The van der Waals surface area contributed by atoms with Crippen LogP contribution in [0.3, 0.4) is 0 Å². The summed E-state index contributed by atoms with van der Waals surface area (Å²) in [6.07, 6.45) is -1.12. The van der Waals surface area contributed by atoms with Gasteiger partial charge >= 0.3 is 0 Å². The smallest absolute Gasteiger partial charge is 0.247 e. The Morgan fingerprint density at radius 1 is 1.17 bits per heavy atom. The zero-order chi connectivity index (χ0) is 21.3. The van der Waals surface area contributed by atoms with Gasteiger partial charge < -0.3 is 4.74 Å². The van der Waals surface area contributed by atoms with E-state index in [4.69, 9.17) is 4.74 Å². The molecule has 1 aliphatic rings. The van der Waals surface area contributed by atoms with Gasteiger partial charge in [0.05, 0.1) is 11.3 Å². The molecule has 3 aromatic rings. The number of para-hydroxylation sites is 1. The Kier molecular flexibility index (Phi) is 5.63. The number of aromatic nitrogens is 3. The Balaban J connectivity index is 1.98. The van der Waals surface area contributed by atoms with Crippen LogP contribution in [-0.2, 0) is 4.79 Å². The normalized spacial score (nSPS) is 15.1. The van der Waals surface area contributed by atoms with Crippen LogP contribution >= 0.6 is 11.8 Å². The number of carbonyl (C=O) groups is 1. The minimum Gasteiger partial charge on any atom is -0.447 e. The molecule has 0 N–H and O–H groups in total. The fourth-order valence-electron chi connectivity index (χ4n) is 3.25. The Morgan fingerprint density at radius 2 is 1.97 bits per heavy atom. The third kappa shape index (κ3) is 3.60. The molecule has 2 aromatic carbocycles. The van der Waals surface area contributed by atoms with Crippen LogP contribution in [0.25, 0.3) is 11.3 Å². The fourth-order valence-corrected chi connectivity index (χ4v) is 3.75. The number of carbonyl (C=O) groups excluding carboxylic acids is 1. The van der Waals surface area contributed by atoms with Gasteiger partial charge in [-0.05, 0) is 30.0 Å². The molecule has 0 fully saturated rings. The Bertz CT molecular complexity index is 1110. The van der Waals surface area contributed by atoms with E-state index in [2.05, 4.69) is 15.2 Å². The molecular formula is C21H18F2N4O2S. The first-order valence-corrected chi connectivity index (χ1v) is 10.4. The van der Waals surface area contributed by atoms with Gasteiger partial charge in [0.25, 0.3) is 0 Å². The van der Waals surface area contributed by atoms with E-state index < -0.39 is 17.9 Å². The molecule has 4 rings (SSSR count). The molecule has 0 bridgehead atoms. The highest BCUT2D eigenvalue weighted by Gasteiger charge is 2.36. The predicted molar refractivity (Wildman–Crippen MR) is 109 cm³/mol. The molecule has 1 atom stereocenters. The first kappa shape index (κ1) is 20.2. The Hall–Kier alpha value is -3.07. The lowest BCUT2D eigenvalue weighted by Gasteiger charge is -2.30. The molecule has 1 amide bonds. The number of benzene rings is 2. The van der Waals surface area contributed by atoms with E-state index in [9.17, 15) is 13.6 Å². The monoisotopic (exact) mass is 428 g/mol. The molecular weight excluding hydrogens is 410 g/mol. The van der Waals surface area contributed by atoms with E-state index >= 15 is 0 Å². The quantitative estimate of drug-likeness (QED) is 0.558. The van der Waals surface area contributed by atoms with Crippen LogP contribution in [0.15, 0.2) is 47.6 Å². The van der Waals surface area contributed by atoms with Gasteiger partial charge in [-0.25, -0.2) is 8.78 Å². The molecule has 1 aromatic heterocycles. The number of rotatable bonds is 4. The van der Waals surface area contributed by atoms with E-state index in [1.807, 2.05) is 6.92 Å². The number of thioether (sulfide) groups is 1. The summed E-state index contributed by atoms with van der Waals surface area (Å²) in [5.41, 5.74) is 1.26. The highest BCUT2D eigenvalue weighted by Crippen LogP contribution is 2.44. The molecule has 1 aliphatic heterocycles. The standard InChI is InChI=1S/C21H18F2N4O2S/c1-3-17(28)27-16-8-6-5-7-13(16)18-19(24-21(26-25-18)30-4-2)29-20(27)14-11-12(22)9-10-15(14)23/h5-11,20H,3-4H2,1-2H3. The van der Waals surface area contributed by atoms with Crippen molar-refractivity contribution < 1.29 is 18.3 Å². The lowest BCUT2D eigenvalue weighted by molar-refractivity contribution is -0.120. The molecule has 30 heavy (non-hydrogen) atoms. The Morgan fingerprint density at radius 3 is 2.73 bits per heavy atom. The van der Waals surface area contributed by atoms with Crippen molar-refractivity contribution in [1.82, 2.24) is 15.2 Å². The van der Waals surface area contributed by atoms with Crippen molar-refractivity contribution in [2.45, 2.75) is 31.7 Å². The van der Waals surface area contributed by atoms with Gasteiger partial charge in [0.2, 0.25) is 23.2 Å². The van der Waals surface area contributed by atoms with Crippen molar-refractivity contribution in [3.8, 4) is 17.1 Å². The summed E-state index contributed by atoms with van der Waals surface area (Å²) in [4.78, 5) is 18.7. The number of amides is 1. The maximum Gasteiger partial charge on any atom is 0.247 e. The van der Waals surface area contributed by atoms with E-state index in [1.165, 1.54) is 16.7 Å². The minimum absolute atomic E-state index is 0.105. The first-order valence-electron chi connectivity index (χ1n) is 9.44. The summed E-state index contributed by atoms with van der Waals surface area (Å²) < 4.78 is 34.8. The maximum atomic E-state index is 14.7. The number of halogens is 2. The predicted octanol–water partition coefficient (Wildman–Crippen LogP) is 4.76. The highest BCUT2D eigenvalue weighted by molar-refractivity contribution is 7.99. The summed E-state index contributed by atoms with van der Waals surface area (Å²) in [7, 11) is 0. The molecule has 2 heterocycles. The number of hydrogen-bond donors (Lipinski definition) is 0. The summed E-state index contributed by atoms with van der Waals surface area (Å²) in [6.45, 7) is 3.64. The number of fused-ring (bicyclic) bond motifs is 3. The summed E-state index contributed by atoms with van der Waals surface area (Å²) >= 11 is 1.37. The topological polar surface area (TPSA) is 68.2 Å². The Labute approximate surface area is 176 Å². The largest absolute Gasteiger partial charge is 0.447 e. The third-order valence-corrected chi connectivity index (χ3v) is 5.30. The average Bonchev–Trinajstić information content (AvgIpc) is 2.89. The fraction of sp³-hybridized carbons (Fsp3) is 0.238. The van der Waals surface area contributed by atoms with E-state index in [0.29, 0.717) is 22.1 Å². The van der Waals surface area contributed by atoms with E-state index in [1.54, 1.807) is 31.2 Å². The molecule has 0 spiro atoms. The van der Waals surface area contributed by atoms with Crippen LogP contribution in [0.5, 0.6) is 5.88 Å². The van der Waals surface area contributed by atoms with Crippen LogP contribution in [0.1, 0.15) is 32.1 Å². The second kappa shape index (κ2) is 8.35. The second-order valence-electron chi connectivity index (χ2n) is 6.45. The highest BCUT2D eigenvalue weighted by atomic mass is 32.2. The zero-order valence-electron chi connectivity index (χ0n) is 16.3. The molecule has 0 radical (unpaired) electrons. The second-order valence-corrected chi connectivity index (χ2v) is 7.68. The lowest BCUT2D eigenvalue weighted by atomic mass is 10.1. The zero-order valence-corrected chi connectivity index (χ0v) is 17.1. The number of nitrogens with zero attached hydrogens (tertiary/aromatic N) is 4. The number of ether oxygens (including phenoxy) is 1. The van der Waals surface area contributed by atoms with Gasteiger partial charge in [-0.15, -0.1) is 10.2 Å². The molecule has 154 valence electrons. The molecule has 0 aliphatic carbocycles. The van der Waals surface area contributed by atoms with Gasteiger partial charge in [0.1, 0.15) is 11.6 Å². The van der Waals surface area contributed by atoms with Crippen molar-refractivity contribution >= 4 is 23.4 Å². The first-order chi connectivity index (χ1) is 14.5. The minimum atomic E-state index is -1.26.